The van der Waals surface area contributed by atoms with Crippen LogP contribution < -0.4 is 5.73 Å². The van der Waals surface area contributed by atoms with E-state index in [1.165, 1.54) is 35.9 Å². The second-order valence-corrected chi connectivity index (χ2v) is 7.00. The third-order valence-corrected chi connectivity index (χ3v) is 4.89. The average Bonchev–Trinajstić information content (AvgIpc) is 2.62. The fraction of sp³-hybridized carbons (Fsp3) is 0.727. The number of carbonyl (C=O) groups is 1. The van der Waals surface area contributed by atoms with Crippen LogP contribution in [-0.2, 0) is 4.79 Å². The summed E-state index contributed by atoms with van der Waals surface area (Å²) in [6, 6.07) is 0. The molecule has 100 valence electrons. The lowest BCUT2D eigenvalue weighted by atomic mass is 10.2. The number of nitrogen functional groups attached to an aromatic ring is 1. The van der Waals surface area contributed by atoms with E-state index in [1.807, 2.05) is 11.8 Å². The second kappa shape index (κ2) is 6.38. The normalized spacial score (nSPS) is 18.4. The predicted octanol–water partition coefficient (Wildman–Crippen LogP) is 2.00. The molecule has 0 radical (unpaired) electrons. The zero-order valence-corrected chi connectivity index (χ0v) is 12.1. The lowest BCUT2D eigenvalue weighted by molar-refractivity contribution is -0.130. The van der Waals surface area contributed by atoms with Crippen LogP contribution in [0.15, 0.2) is 4.34 Å². The Hall–Kier alpha value is -0.820. The summed E-state index contributed by atoms with van der Waals surface area (Å²) in [5.41, 5.74) is 5.53. The Morgan fingerprint density at radius 2 is 2.00 bits per heavy atom. The summed E-state index contributed by atoms with van der Waals surface area (Å²) < 4.78 is 0.767. The smallest absolute Gasteiger partial charge is 0.235 e. The maximum Gasteiger partial charge on any atom is 0.235 e. The minimum Gasteiger partial charge on any atom is -0.374 e. The highest BCUT2D eigenvalue weighted by atomic mass is 32.2. The van der Waals surface area contributed by atoms with Crippen LogP contribution >= 0.6 is 23.1 Å². The first kappa shape index (κ1) is 13.6. The molecule has 1 aliphatic rings. The molecule has 0 aliphatic carbocycles. The Balaban J connectivity index is 1.91. The molecule has 1 fully saturated rings. The molecule has 1 aromatic heterocycles. The van der Waals surface area contributed by atoms with Crippen LogP contribution in [-0.4, -0.2) is 39.3 Å². The summed E-state index contributed by atoms with van der Waals surface area (Å²) in [6.07, 6.45) is 4.71. The van der Waals surface area contributed by atoms with E-state index in [9.17, 15) is 4.79 Å². The Morgan fingerprint density at radius 3 is 2.56 bits per heavy atom. The van der Waals surface area contributed by atoms with Gasteiger partial charge in [-0.15, -0.1) is 10.2 Å². The van der Waals surface area contributed by atoms with Crippen molar-refractivity contribution < 1.29 is 4.79 Å². The van der Waals surface area contributed by atoms with E-state index in [4.69, 9.17) is 5.73 Å². The van der Waals surface area contributed by atoms with Crippen LogP contribution in [0.5, 0.6) is 0 Å². The number of amides is 1. The number of carbonyl (C=O) groups excluding carboxylic acids is 1. The molecule has 0 aromatic carbocycles. The van der Waals surface area contributed by atoms with E-state index < -0.39 is 0 Å². The van der Waals surface area contributed by atoms with Crippen molar-refractivity contribution in [2.45, 2.75) is 42.2 Å². The van der Waals surface area contributed by atoms with Gasteiger partial charge in [-0.3, -0.25) is 4.79 Å². The van der Waals surface area contributed by atoms with Crippen molar-refractivity contribution in [2.75, 3.05) is 18.8 Å². The Bertz CT molecular complexity index is 402. The molecule has 0 saturated carbocycles. The molecule has 5 nitrogen and oxygen atoms in total. The largest absolute Gasteiger partial charge is 0.374 e. The molecule has 1 amide bonds. The Labute approximate surface area is 115 Å². The minimum absolute atomic E-state index is 0.115. The van der Waals surface area contributed by atoms with Crippen molar-refractivity contribution in [3.63, 3.8) is 0 Å². The molecule has 2 rings (SSSR count). The zero-order valence-electron chi connectivity index (χ0n) is 10.5. The van der Waals surface area contributed by atoms with E-state index in [0.717, 1.165) is 30.3 Å². The topological polar surface area (TPSA) is 72.1 Å². The van der Waals surface area contributed by atoms with Gasteiger partial charge in [-0.25, -0.2) is 0 Å². The minimum atomic E-state index is -0.115. The Morgan fingerprint density at radius 1 is 1.33 bits per heavy atom. The molecule has 0 spiro atoms. The van der Waals surface area contributed by atoms with Gasteiger partial charge in [0.1, 0.15) is 0 Å². The van der Waals surface area contributed by atoms with E-state index in [-0.39, 0.29) is 11.2 Å². The quantitative estimate of drug-likeness (QED) is 0.860. The first-order chi connectivity index (χ1) is 8.66. The van der Waals surface area contributed by atoms with E-state index in [2.05, 4.69) is 10.2 Å². The van der Waals surface area contributed by atoms with Crippen molar-refractivity contribution in [1.82, 2.24) is 15.1 Å². The highest BCUT2D eigenvalue weighted by Gasteiger charge is 2.23. The number of aromatic nitrogens is 2. The highest BCUT2D eigenvalue weighted by Crippen LogP contribution is 2.28. The van der Waals surface area contributed by atoms with Gasteiger partial charge in [0.15, 0.2) is 4.34 Å². The van der Waals surface area contributed by atoms with Gasteiger partial charge in [0.25, 0.3) is 0 Å². The summed E-state index contributed by atoms with van der Waals surface area (Å²) >= 11 is 2.78. The molecule has 18 heavy (non-hydrogen) atoms. The number of likely N-dealkylation sites (tertiary alicyclic amines) is 1. The van der Waals surface area contributed by atoms with Crippen LogP contribution in [0.25, 0.3) is 0 Å². The van der Waals surface area contributed by atoms with Crippen molar-refractivity contribution in [3.8, 4) is 0 Å². The van der Waals surface area contributed by atoms with Crippen LogP contribution in [0.3, 0.4) is 0 Å². The second-order valence-electron chi connectivity index (χ2n) is 4.41. The van der Waals surface area contributed by atoms with Crippen LogP contribution in [0, 0.1) is 0 Å². The monoisotopic (exact) mass is 286 g/mol. The van der Waals surface area contributed by atoms with Crippen LogP contribution in [0.2, 0.25) is 0 Å². The van der Waals surface area contributed by atoms with Gasteiger partial charge in [0.2, 0.25) is 11.0 Å². The molecular formula is C11H18N4OS2. The lowest BCUT2D eigenvalue weighted by Crippen LogP contribution is -2.37. The first-order valence-corrected chi connectivity index (χ1v) is 7.91. The Kier molecular flexibility index (Phi) is 4.82. The van der Waals surface area contributed by atoms with E-state index in [1.54, 1.807) is 0 Å². The van der Waals surface area contributed by atoms with Crippen molar-refractivity contribution in [2.24, 2.45) is 0 Å². The van der Waals surface area contributed by atoms with Gasteiger partial charge < -0.3 is 10.6 Å². The SMILES string of the molecule is CC(Sc1nnc(N)s1)C(=O)N1CCCCCC1. The van der Waals surface area contributed by atoms with Crippen molar-refractivity contribution in [1.29, 1.82) is 0 Å². The standard InChI is InChI=1S/C11H18N4OS2/c1-8(17-11-14-13-10(12)18-11)9(16)15-6-4-2-3-5-7-15/h8H,2-7H2,1H3,(H2,12,13). The molecule has 7 heteroatoms. The summed E-state index contributed by atoms with van der Waals surface area (Å²) in [5.74, 6) is 0.204. The van der Waals surface area contributed by atoms with Crippen molar-refractivity contribution in [3.05, 3.63) is 0 Å². The van der Waals surface area contributed by atoms with E-state index in [0.29, 0.717) is 5.13 Å². The number of thioether (sulfide) groups is 1. The van der Waals surface area contributed by atoms with Gasteiger partial charge in [-0.05, 0) is 19.8 Å². The number of anilines is 1. The zero-order chi connectivity index (χ0) is 13.0. The van der Waals surface area contributed by atoms with Gasteiger partial charge in [0, 0.05) is 13.1 Å². The number of hydrogen-bond acceptors (Lipinski definition) is 6. The summed E-state index contributed by atoms with van der Waals surface area (Å²) in [5, 5.41) is 8.03. The van der Waals surface area contributed by atoms with Gasteiger partial charge in [-0.1, -0.05) is 35.9 Å². The summed E-state index contributed by atoms with van der Waals surface area (Å²) in [7, 11) is 0. The molecular weight excluding hydrogens is 268 g/mol. The fourth-order valence-corrected chi connectivity index (χ4v) is 3.88. The van der Waals surface area contributed by atoms with Gasteiger partial charge in [0.05, 0.1) is 5.25 Å². The number of nitrogens with zero attached hydrogens (tertiary/aromatic N) is 3. The van der Waals surface area contributed by atoms with Gasteiger partial charge >= 0.3 is 0 Å². The third kappa shape index (κ3) is 3.58. The van der Waals surface area contributed by atoms with Crippen LogP contribution in [0.1, 0.15) is 32.6 Å². The number of rotatable bonds is 3. The molecule has 1 atom stereocenters. The van der Waals surface area contributed by atoms with Crippen LogP contribution in [0.4, 0.5) is 5.13 Å². The summed E-state index contributed by atoms with van der Waals surface area (Å²) in [6.45, 7) is 3.71. The predicted molar refractivity (Wildman–Crippen MR) is 74.7 cm³/mol. The molecule has 2 N–H and O–H groups in total. The molecule has 0 bridgehead atoms. The van der Waals surface area contributed by atoms with Gasteiger partial charge in [-0.2, -0.15) is 0 Å². The number of nitrogens with two attached hydrogens (primary N) is 1. The number of hydrogen-bond donors (Lipinski definition) is 1. The molecule has 1 unspecified atom stereocenters. The molecule has 1 aliphatic heterocycles. The lowest BCUT2D eigenvalue weighted by Gasteiger charge is -2.23. The highest BCUT2D eigenvalue weighted by molar-refractivity contribution is 8.02. The molecule has 1 aromatic rings. The maximum absolute atomic E-state index is 12.3. The maximum atomic E-state index is 12.3. The molecule has 2 heterocycles. The third-order valence-electron chi connectivity index (χ3n) is 2.97. The summed E-state index contributed by atoms with van der Waals surface area (Å²) in [4.78, 5) is 14.3. The van der Waals surface area contributed by atoms with Crippen molar-refractivity contribution >= 4 is 34.1 Å². The molecule has 1 saturated heterocycles. The fourth-order valence-electron chi connectivity index (χ4n) is 2.02. The average molecular weight is 286 g/mol. The first-order valence-electron chi connectivity index (χ1n) is 6.21. The van der Waals surface area contributed by atoms with E-state index >= 15 is 0 Å².